The number of ether oxygens (including phenoxy) is 2. The number of aromatic carboxylic acids is 1. The average molecular weight is 534 g/mol. The number of hydrogen-bond donors (Lipinski definition) is 3. The highest BCUT2D eigenvalue weighted by Crippen LogP contribution is 2.27. The van der Waals surface area contributed by atoms with E-state index in [1.54, 1.807) is 58.0 Å². The Morgan fingerprint density at radius 3 is 2.08 bits per heavy atom. The Bertz CT molecular complexity index is 1330. The number of benzene rings is 3. The first-order valence-corrected chi connectivity index (χ1v) is 12.3. The number of aryl methyl sites for hydroxylation is 1. The van der Waals surface area contributed by atoms with Crippen molar-refractivity contribution < 1.29 is 33.8 Å². The van der Waals surface area contributed by atoms with Gasteiger partial charge >= 0.3 is 18.2 Å². The quantitative estimate of drug-likeness (QED) is 0.315. The highest BCUT2D eigenvalue weighted by atomic mass is 16.6. The van der Waals surface area contributed by atoms with Crippen LogP contribution in [0.4, 0.5) is 26.7 Å². The van der Waals surface area contributed by atoms with Crippen LogP contribution in [0.2, 0.25) is 0 Å². The van der Waals surface area contributed by atoms with Gasteiger partial charge in [0, 0.05) is 11.4 Å². The molecule has 0 spiro atoms. The highest BCUT2D eigenvalue weighted by Gasteiger charge is 2.29. The van der Waals surface area contributed by atoms with E-state index < -0.39 is 36.2 Å². The lowest BCUT2D eigenvalue weighted by atomic mass is 10.1. The molecule has 10 nitrogen and oxygen atoms in total. The minimum absolute atomic E-state index is 0.0224. The first kappa shape index (κ1) is 28.7. The molecule has 0 aliphatic heterocycles. The van der Waals surface area contributed by atoms with Crippen molar-refractivity contribution in [1.29, 1.82) is 0 Å². The summed E-state index contributed by atoms with van der Waals surface area (Å²) in [6, 6.07) is 19.4. The van der Waals surface area contributed by atoms with E-state index in [0.29, 0.717) is 11.3 Å². The minimum atomic E-state index is -1.26. The van der Waals surface area contributed by atoms with Crippen molar-refractivity contribution in [2.24, 2.45) is 0 Å². The molecule has 0 heterocycles. The maximum Gasteiger partial charge on any atom is 0.415 e. The molecule has 0 aliphatic carbocycles. The summed E-state index contributed by atoms with van der Waals surface area (Å²) in [5.41, 5.74) is 1.71. The summed E-state index contributed by atoms with van der Waals surface area (Å²) in [6.45, 7) is 6.50. The molecule has 3 amide bonds. The number of para-hydroxylation sites is 1. The second-order valence-electron chi connectivity index (χ2n) is 9.01. The fraction of sp³-hybridized carbons (Fsp3) is 0.241. The lowest BCUT2D eigenvalue weighted by molar-refractivity contribution is -0.117. The van der Waals surface area contributed by atoms with Gasteiger partial charge in [-0.25, -0.2) is 14.4 Å². The van der Waals surface area contributed by atoms with Gasteiger partial charge in [0.1, 0.15) is 12.6 Å². The number of hydrogen-bond acceptors (Lipinski definition) is 6. The van der Waals surface area contributed by atoms with Crippen LogP contribution >= 0.6 is 0 Å². The molecule has 1 atom stereocenters. The Balaban J connectivity index is 1.85. The van der Waals surface area contributed by atoms with Crippen molar-refractivity contribution in [2.45, 2.75) is 46.4 Å². The second-order valence-corrected chi connectivity index (χ2v) is 9.01. The molecule has 0 aromatic heterocycles. The third kappa shape index (κ3) is 7.81. The van der Waals surface area contributed by atoms with Crippen LogP contribution in [0.25, 0.3) is 0 Å². The lowest BCUT2D eigenvalue weighted by Crippen LogP contribution is -2.46. The van der Waals surface area contributed by atoms with Crippen molar-refractivity contribution in [2.75, 3.05) is 15.5 Å². The van der Waals surface area contributed by atoms with Gasteiger partial charge in [-0.1, -0.05) is 48.5 Å². The van der Waals surface area contributed by atoms with E-state index in [1.807, 2.05) is 30.3 Å². The number of carbonyl (C=O) groups is 4. The summed E-state index contributed by atoms with van der Waals surface area (Å²) in [6.07, 6.45) is -1.97. The lowest BCUT2D eigenvalue weighted by Gasteiger charge is -2.28. The molecule has 0 bridgehead atoms. The molecule has 39 heavy (non-hydrogen) atoms. The van der Waals surface area contributed by atoms with Gasteiger partial charge in [0.25, 0.3) is 0 Å². The molecule has 0 radical (unpaired) electrons. The van der Waals surface area contributed by atoms with Gasteiger partial charge in [-0.15, -0.1) is 0 Å². The van der Waals surface area contributed by atoms with Gasteiger partial charge in [-0.05, 0) is 63.1 Å². The van der Waals surface area contributed by atoms with Crippen LogP contribution in [-0.2, 0) is 20.9 Å². The van der Waals surface area contributed by atoms with E-state index in [4.69, 9.17) is 9.47 Å². The van der Waals surface area contributed by atoms with Crippen molar-refractivity contribution in [3.05, 3.63) is 89.5 Å². The average Bonchev–Trinajstić information content (AvgIpc) is 2.89. The van der Waals surface area contributed by atoms with Crippen molar-refractivity contribution in [3.63, 3.8) is 0 Å². The summed E-state index contributed by atoms with van der Waals surface area (Å²) in [7, 11) is 0. The van der Waals surface area contributed by atoms with Gasteiger partial charge in [0.05, 0.1) is 17.4 Å². The molecule has 0 saturated heterocycles. The van der Waals surface area contributed by atoms with Gasteiger partial charge in [0.2, 0.25) is 5.91 Å². The van der Waals surface area contributed by atoms with Crippen LogP contribution in [0.3, 0.4) is 0 Å². The van der Waals surface area contributed by atoms with Gasteiger partial charge in [0.15, 0.2) is 0 Å². The molecule has 3 rings (SSSR count). The van der Waals surface area contributed by atoms with Crippen LogP contribution in [0.5, 0.6) is 0 Å². The Morgan fingerprint density at radius 1 is 0.872 bits per heavy atom. The van der Waals surface area contributed by atoms with Gasteiger partial charge < -0.3 is 19.9 Å². The fourth-order valence-electron chi connectivity index (χ4n) is 3.70. The van der Waals surface area contributed by atoms with Crippen LogP contribution in [0, 0.1) is 6.92 Å². The van der Waals surface area contributed by atoms with Crippen molar-refractivity contribution >= 4 is 41.1 Å². The number of amides is 3. The number of nitrogens with zero attached hydrogens (tertiary/aromatic N) is 1. The third-order valence-electron chi connectivity index (χ3n) is 5.64. The Hall–Kier alpha value is -4.86. The molecule has 0 unspecified atom stereocenters. The number of rotatable bonds is 9. The largest absolute Gasteiger partial charge is 0.478 e. The van der Waals surface area contributed by atoms with E-state index in [0.717, 1.165) is 5.56 Å². The van der Waals surface area contributed by atoms with E-state index in [-0.39, 0.29) is 23.5 Å². The fourth-order valence-corrected chi connectivity index (χ4v) is 3.70. The van der Waals surface area contributed by atoms with Crippen molar-refractivity contribution in [1.82, 2.24) is 0 Å². The molecule has 3 N–H and O–H groups in total. The zero-order valence-electron chi connectivity index (χ0n) is 22.1. The predicted molar refractivity (Wildman–Crippen MR) is 147 cm³/mol. The summed E-state index contributed by atoms with van der Waals surface area (Å²) >= 11 is 0. The zero-order chi connectivity index (χ0) is 28.5. The van der Waals surface area contributed by atoms with Gasteiger partial charge in [-0.2, -0.15) is 0 Å². The number of nitrogens with one attached hydrogen (secondary N) is 2. The maximum absolute atomic E-state index is 13.4. The van der Waals surface area contributed by atoms with Crippen LogP contribution in [0.15, 0.2) is 72.8 Å². The van der Waals surface area contributed by atoms with E-state index in [2.05, 4.69) is 10.6 Å². The van der Waals surface area contributed by atoms with E-state index >= 15 is 0 Å². The number of carboxylic acid groups (broad SMARTS) is 1. The standard InChI is InChI=1S/C29H31N3O7/c1-18(2)39-28(36)31-25-16-24(19(3)15-23(25)27(34)35)30-26(33)20(4)32(22-13-9-6-10-14-22)29(37)38-17-21-11-7-5-8-12-21/h5-16,18,20H,17H2,1-4H3,(H,30,33)(H,31,36)(H,34,35)/t20-/m0/s1. The SMILES string of the molecule is Cc1cc(C(=O)O)c(NC(=O)OC(C)C)cc1NC(=O)[C@H](C)N(C(=O)OCc1ccccc1)c1ccccc1. The maximum atomic E-state index is 13.4. The Morgan fingerprint density at radius 2 is 1.49 bits per heavy atom. The summed E-state index contributed by atoms with van der Waals surface area (Å²) < 4.78 is 10.6. The topological polar surface area (TPSA) is 134 Å². The molecule has 3 aromatic rings. The van der Waals surface area contributed by atoms with Crippen LogP contribution < -0.4 is 15.5 Å². The molecular weight excluding hydrogens is 502 g/mol. The normalized spacial score (nSPS) is 11.3. The number of carbonyl (C=O) groups excluding carboxylic acids is 3. The Labute approximate surface area is 226 Å². The number of anilines is 3. The summed E-state index contributed by atoms with van der Waals surface area (Å²) in [4.78, 5) is 51.7. The third-order valence-corrected chi connectivity index (χ3v) is 5.64. The molecule has 3 aromatic carbocycles. The second kappa shape index (κ2) is 13.1. The smallest absolute Gasteiger partial charge is 0.415 e. The summed E-state index contributed by atoms with van der Waals surface area (Å²) in [5, 5.41) is 14.8. The first-order chi connectivity index (χ1) is 18.6. The molecular formula is C29H31N3O7. The molecule has 0 fully saturated rings. The van der Waals surface area contributed by atoms with Crippen LogP contribution in [-0.4, -0.2) is 41.3 Å². The highest BCUT2D eigenvalue weighted by molar-refractivity contribution is 6.05. The Kier molecular flexibility index (Phi) is 9.63. The molecule has 204 valence electrons. The minimum Gasteiger partial charge on any atom is -0.478 e. The zero-order valence-corrected chi connectivity index (χ0v) is 22.1. The van der Waals surface area contributed by atoms with E-state index in [1.165, 1.54) is 17.0 Å². The summed E-state index contributed by atoms with van der Waals surface area (Å²) in [5.74, 6) is -1.82. The van der Waals surface area contributed by atoms with Crippen molar-refractivity contribution in [3.8, 4) is 0 Å². The first-order valence-electron chi connectivity index (χ1n) is 12.3. The van der Waals surface area contributed by atoms with Gasteiger partial charge in [-0.3, -0.25) is 15.0 Å². The molecule has 0 saturated carbocycles. The monoisotopic (exact) mass is 533 g/mol. The molecule has 10 heteroatoms. The predicted octanol–water partition coefficient (Wildman–Crippen LogP) is 5.82. The number of carboxylic acids is 1. The molecule has 0 aliphatic rings. The van der Waals surface area contributed by atoms with E-state index in [9.17, 15) is 24.3 Å². The van der Waals surface area contributed by atoms with Crippen LogP contribution in [0.1, 0.15) is 42.3 Å².